The molecule has 0 aliphatic carbocycles. The Hall–Kier alpha value is -1.00. The number of aliphatic hydroxyl groups is 1. The first-order chi connectivity index (χ1) is 8.56. The maximum Gasteiger partial charge on any atom is 0.131 e. The fourth-order valence-electron chi connectivity index (χ4n) is 1.86. The van der Waals surface area contributed by atoms with Gasteiger partial charge in [-0.05, 0) is 25.5 Å². The number of aliphatic hydroxyl groups excluding tert-OH is 1. The summed E-state index contributed by atoms with van der Waals surface area (Å²) in [5.74, 6) is -1.41. The summed E-state index contributed by atoms with van der Waals surface area (Å²) in [5.41, 5.74) is -0.257. The molecule has 102 valence electrons. The van der Waals surface area contributed by atoms with E-state index in [0.29, 0.717) is 0 Å². The third kappa shape index (κ3) is 4.35. The van der Waals surface area contributed by atoms with E-state index in [4.69, 9.17) is 0 Å². The molecular formula is C14H21F2NO. The molecule has 0 saturated carbocycles. The van der Waals surface area contributed by atoms with Crippen LogP contribution in [-0.4, -0.2) is 17.7 Å². The molecule has 1 rings (SSSR count). The molecule has 0 amide bonds. The van der Waals surface area contributed by atoms with Gasteiger partial charge in [-0.2, -0.15) is 0 Å². The monoisotopic (exact) mass is 257 g/mol. The van der Waals surface area contributed by atoms with Crippen molar-refractivity contribution in [3.8, 4) is 0 Å². The lowest BCUT2D eigenvalue weighted by molar-refractivity contribution is 0.160. The highest BCUT2D eigenvalue weighted by Gasteiger charge is 2.17. The summed E-state index contributed by atoms with van der Waals surface area (Å²) in [6.45, 7) is 4.26. The summed E-state index contributed by atoms with van der Waals surface area (Å²) < 4.78 is 26.8. The van der Waals surface area contributed by atoms with Gasteiger partial charge in [-0.15, -0.1) is 0 Å². The van der Waals surface area contributed by atoms with Crippen LogP contribution in [0.5, 0.6) is 0 Å². The third-order valence-corrected chi connectivity index (χ3v) is 2.98. The summed E-state index contributed by atoms with van der Waals surface area (Å²) in [7, 11) is 0. The van der Waals surface area contributed by atoms with Crippen molar-refractivity contribution in [1.82, 2.24) is 5.32 Å². The van der Waals surface area contributed by atoms with Crippen molar-refractivity contribution in [1.29, 1.82) is 0 Å². The van der Waals surface area contributed by atoms with Crippen LogP contribution in [0.2, 0.25) is 0 Å². The van der Waals surface area contributed by atoms with Gasteiger partial charge in [-0.3, -0.25) is 0 Å². The first kappa shape index (κ1) is 15.1. The van der Waals surface area contributed by atoms with Crippen LogP contribution in [0.1, 0.15) is 44.8 Å². The van der Waals surface area contributed by atoms with E-state index in [1.807, 2.05) is 6.92 Å². The zero-order valence-corrected chi connectivity index (χ0v) is 10.9. The average Bonchev–Trinajstić information content (AvgIpc) is 2.33. The highest BCUT2D eigenvalue weighted by molar-refractivity contribution is 5.22. The minimum atomic E-state index is -1.16. The second-order valence-corrected chi connectivity index (χ2v) is 4.60. The van der Waals surface area contributed by atoms with Crippen molar-refractivity contribution in [2.75, 3.05) is 6.54 Å². The van der Waals surface area contributed by atoms with Crippen LogP contribution in [0, 0.1) is 11.6 Å². The zero-order chi connectivity index (χ0) is 13.5. The molecule has 0 heterocycles. The predicted octanol–water partition coefficient (Wildman–Crippen LogP) is 3.17. The van der Waals surface area contributed by atoms with Gasteiger partial charge in [0.25, 0.3) is 0 Å². The van der Waals surface area contributed by atoms with Gasteiger partial charge in [0.15, 0.2) is 0 Å². The molecule has 0 spiro atoms. The first-order valence-corrected chi connectivity index (χ1v) is 6.41. The molecule has 4 heteroatoms. The molecule has 0 saturated heterocycles. The van der Waals surface area contributed by atoms with Gasteiger partial charge in [-0.25, -0.2) is 8.78 Å². The van der Waals surface area contributed by atoms with Crippen LogP contribution in [0.15, 0.2) is 18.2 Å². The van der Waals surface area contributed by atoms with Crippen LogP contribution < -0.4 is 5.32 Å². The fraction of sp³-hybridized carbons (Fsp3) is 0.571. The number of benzene rings is 1. The highest BCUT2D eigenvalue weighted by Crippen LogP contribution is 2.20. The van der Waals surface area contributed by atoms with E-state index in [-0.39, 0.29) is 18.2 Å². The van der Waals surface area contributed by atoms with Crippen molar-refractivity contribution in [3.05, 3.63) is 35.4 Å². The van der Waals surface area contributed by atoms with Crippen LogP contribution in [0.25, 0.3) is 0 Å². The van der Waals surface area contributed by atoms with Gasteiger partial charge in [0.2, 0.25) is 0 Å². The molecule has 2 atom stereocenters. The Labute approximate surface area is 107 Å². The smallest absolute Gasteiger partial charge is 0.131 e. The average molecular weight is 257 g/mol. The van der Waals surface area contributed by atoms with E-state index in [0.717, 1.165) is 31.4 Å². The number of rotatable bonds is 7. The second kappa shape index (κ2) is 7.44. The molecule has 0 aliphatic rings. The number of halogens is 2. The first-order valence-electron chi connectivity index (χ1n) is 6.41. The van der Waals surface area contributed by atoms with Gasteiger partial charge in [0.1, 0.15) is 11.6 Å². The Kier molecular flexibility index (Phi) is 6.22. The Balaban J connectivity index is 2.52. The van der Waals surface area contributed by atoms with Crippen molar-refractivity contribution in [2.24, 2.45) is 0 Å². The second-order valence-electron chi connectivity index (χ2n) is 4.60. The minimum absolute atomic E-state index is 0.155. The molecule has 0 fully saturated rings. The molecule has 0 radical (unpaired) electrons. The SMILES string of the molecule is CCCCC(C)NCC(O)c1c(F)cccc1F. The molecule has 0 aliphatic heterocycles. The van der Waals surface area contributed by atoms with Crippen molar-refractivity contribution < 1.29 is 13.9 Å². The Morgan fingerprint density at radius 3 is 2.44 bits per heavy atom. The van der Waals surface area contributed by atoms with Crippen molar-refractivity contribution >= 4 is 0 Å². The number of hydrogen-bond donors (Lipinski definition) is 2. The van der Waals surface area contributed by atoms with Crippen molar-refractivity contribution in [3.63, 3.8) is 0 Å². The summed E-state index contributed by atoms with van der Waals surface area (Å²) in [5, 5.41) is 12.9. The molecule has 0 aromatic heterocycles. The minimum Gasteiger partial charge on any atom is -0.387 e. The lowest BCUT2D eigenvalue weighted by Gasteiger charge is -2.18. The van der Waals surface area contributed by atoms with Crippen molar-refractivity contribution in [2.45, 2.75) is 45.3 Å². The van der Waals surface area contributed by atoms with Crippen LogP contribution in [0.3, 0.4) is 0 Å². The number of unbranched alkanes of at least 4 members (excludes halogenated alkanes) is 1. The molecule has 0 bridgehead atoms. The van der Waals surface area contributed by atoms with Gasteiger partial charge >= 0.3 is 0 Å². The van der Waals surface area contributed by atoms with Crippen LogP contribution in [0.4, 0.5) is 8.78 Å². The molecule has 1 aromatic rings. The van der Waals surface area contributed by atoms with Gasteiger partial charge in [-0.1, -0.05) is 25.8 Å². The standard InChI is InChI=1S/C14H21F2NO/c1-3-4-6-10(2)17-9-13(18)14-11(15)7-5-8-12(14)16/h5,7-8,10,13,17-18H,3-4,6,9H2,1-2H3. The topological polar surface area (TPSA) is 32.3 Å². The van der Waals surface area contributed by atoms with E-state index in [9.17, 15) is 13.9 Å². The Morgan fingerprint density at radius 2 is 1.89 bits per heavy atom. The van der Waals surface area contributed by atoms with Crippen LogP contribution in [-0.2, 0) is 0 Å². The molecular weight excluding hydrogens is 236 g/mol. The summed E-state index contributed by atoms with van der Waals surface area (Å²) >= 11 is 0. The Bertz CT molecular complexity index is 351. The maximum atomic E-state index is 13.4. The summed E-state index contributed by atoms with van der Waals surface area (Å²) in [6, 6.07) is 3.83. The van der Waals surface area contributed by atoms with E-state index in [1.54, 1.807) is 0 Å². The van der Waals surface area contributed by atoms with Gasteiger partial charge < -0.3 is 10.4 Å². The largest absolute Gasteiger partial charge is 0.387 e. The van der Waals surface area contributed by atoms with E-state index in [1.165, 1.54) is 6.07 Å². The summed E-state index contributed by atoms with van der Waals surface area (Å²) in [4.78, 5) is 0. The number of nitrogens with one attached hydrogen (secondary N) is 1. The lowest BCUT2D eigenvalue weighted by Crippen LogP contribution is -2.31. The van der Waals surface area contributed by atoms with E-state index >= 15 is 0 Å². The molecule has 2 unspecified atom stereocenters. The van der Waals surface area contributed by atoms with Gasteiger partial charge in [0.05, 0.1) is 11.7 Å². The molecule has 1 aromatic carbocycles. The Morgan fingerprint density at radius 1 is 1.28 bits per heavy atom. The van der Waals surface area contributed by atoms with Crippen LogP contribution >= 0.6 is 0 Å². The number of hydrogen-bond acceptors (Lipinski definition) is 2. The predicted molar refractivity (Wildman–Crippen MR) is 68.3 cm³/mol. The molecule has 2 nitrogen and oxygen atoms in total. The lowest BCUT2D eigenvalue weighted by atomic mass is 10.1. The summed E-state index contributed by atoms with van der Waals surface area (Å²) in [6.07, 6.45) is 2.04. The quantitative estimate of drug-likeness (QED) is 0.786. The highest BCUT2D eigenvalue weighted by atomic mass is 19.1. The van der Waals surface area contributed by atoms with E-state index < -0.39 is 17.7 Å². The fourth-order valence-corrected chi connectivity index (χ4v) is 1.86. The van der Waals surface area contributed by atoms with E-state index in [2.05, 4.69) is 12.2 Å². The third-order valence-electron chi connectivity index (χ3n) is 2.98. The molecule has 18 heavy (non-hydrogen) atoms. The van der Waals surface area contributed by atoms with Gasteiger partial charge in [0, 0.05) is 12.6 Å². The normalized spacial score (nSPS) is 14.5. The molecule has 2 N–H and O–H groups in total. The zero-order valence-electron chi connectivity index (χ0n) is 10.9. The maximum absolute atomic E-state index is 13.4.